The Bertz CT molecular complexity index is 587. The summed E-state index contributed by atoms with van der Waals surface area (Å²) in [5.74, 6) is -1.06. The van der Waals surface area contributed by atoms with E-state index in [0.717, 1.165) is 11.3 Å². The Morgan fingerprint density at radius 3 is 2.36 bits per heavy atom. The molecule has 10 heteroatoms. The second kappa shape index (κ2) is 7.48. The second-order valence-corrected chi connectivity index (χ2v) is 8.59. The molecule has 0 amide bonds. The molecule has 0 fully saturated rings. The first kappa shape index (κ1) is 19.7. The molecule has 0 spiro atoms. The normalized spacial score (nSPS) is 17.2. The maximum Gasteiger partial charge on any atom is 0.389 e. The van der Waals surface area contributed by atoms with Gasteiger partial charge in [-0.2, -0.15) is 13.2 Å². The van der Waals surface area contributed by atoms with E-state index in [0.29, 0.717) is 0 Å². The molecule has 0 aliphatic heterocycles. The van der Waals surface area contributed by atoms with Gasteiger partial charge >= 0.3 is 6.18 Å². The van der Waals surface area contributed by atoms with Crippen LogP contribution < -0.4 is 4.72 Å². The van der Waals surface area contributed by atoms with Gasteiger partial charge in [0.2, 0.25) is 10.0 Å². The Balaban J connectivity index is 3.01. The third-order valence-corrected chi connectivity index (χ3v) is 6.33. The molecule has 0 aromatic carbocycles. The van der Waals surface area contributed by atoms with E-state index in [4.69, 9.17) is 11.6 Å². The number of hydrogen-bond acceptors (Lipinski definition) is 4. The van der Waals surface area contributed by atoms with Crippen LogP contribution >= 0.6 is 22.9 Å². The zero-order chi connectivity index (χ0) is 17.1. The number of nitrogens with one attached hydrogen (secondary N) is 1. The van der Waals surface area contributed by atoms with Crippen LogP contribution in [0.5, 0.6) is 0 Å². The molecule has 3 atom stereocenters. The van der Waals surface area contributed by atoms with E-state index in [1.807, 2.05) is 0 Å². The van der Waals surface area contributed by atoms with Crippen LogP contribution in [0.15, 0.2) is 16.3 Å². The lowest BCUT2D eigenvalue weighted by Crippen LogP contribution is -2.47. The predicted molar refractivity (Wildman–Crippen MR) is 79.6 cm³/mol. The summed E-state index contributed by atoms with van der Waals surface area (Å²) in [6, 6.07) is 1.40. The quantitative estimate of drug-likeness (QED) is 0.763. The lowest BCUT2D eigenvalue weighted by molar-refractivity contribution is -0.148. The van der Waals surface area contributed by atoms with Gasteiger partial charge in [-0.3, -0.25) is 0 Å². The van der Waals surface area contributed by atoms with Crippen LogP contribution in [0.25, 0.3) is 0 Å². The number of aliphatic hydroxyl groups excluding tert-OH is 1. The SMILES string of the molecule is CC[C@H](CC(F)(F)F)[C@H](NS(=O)(=O)c1ccc(Cl)s1)C(C)O. The van der Waals surface area contributed by atoms with Crippen molar-refractivity contribution in [1.29, 1.82) is 0 Å². The molecule has 0 radical (unpaired) electrons. The highest BCUT2D eigenvalue weighted by Gasteiger charge is 2.38. The molecule has 0 saturated heterocycles. The van der Waals surface area contributed by atoms with Crippen molar-refractivity contribution in [2.45, 2.75) is 49.2 Å². The first-order chi connectivity index (χ1) is 9.96. The fourth-order valence-electron chi connectivity index (χ4n) is 2.09. The van der Waals surface area contributed by atoms with E-state index in [1.165, 1.54) is 26.0 Å². The molecule has 4 nitrogen and oxygen atoms in total. The fourth-order valence-corrected chi connectivity index (χ4v) is 4.97. The number of halogens is 4. The molecule has 1 aromatic heterocycles. The van der Waals surface area contributed by atoms with Crippen LogP contribution in [0.4, 0.5) is 13.2 Å². The fraction of sp³-hybridized carbons (Fsp3) is 0.667. The minimum Gasteiger partial charge on any atom is -0.392 e. The summed E-state index contributed by atoms with van der Waals surface area (Å²) in [7, 11) is -4.04. The average Bonchev–Trinajstić information content (AvgIpc) is 2.79. The third kappa shape index (κ3) is 5.69. The van der Waals surface area contributed by atoms with E-state index < -0.39 is 40.7 Å². The summed E-state index contributed by atoms with van der Waals surface area (Å²) >= 11 is 6.46. The van der Waals surface area contributed by atoms with Crippen molar-refractivity contribution in [3.8, 4) is 0 Å². The molecule has 1 heterocycles. The maximum atomic E-state index is 12.6. The molecule has 0 aliphatic carbocycles. The molecule has 0 aliphatic rings. The van der Waals surface area contributed by atoms with Gasteiger partial charge in [0.1, 0.15) is 4.21 Å². The summed E-state index contributed by atoms with van der Waals surface area (Å²) in [5, 5.41) is 9.71. The van der Waals surface area contributed by atoms with Crippen molar-refractivity contribution in [2.24, 2.45) is 5.92 Å². The highest BCUT2D eigenvalue weighted by atomic mass is 35.5. The number of thiophene rings is 1. The first-order valence-electron chi connectivity index (χ1n) is 6.48. The molecule has 2 N–H and O–H groups in total. The average molecular weight is 380 g/mol. The van der Waals surface area contributed by atoms with E-state index in [1.54, 1.807) is 0 Å². The second-order valence-electron chi connectivity index (χ2n) is 4.93. The lowest BCUT2D eigenvalue weighted by Gasteiger charge is -2.29. The molecule has 128 valence electrons. The van der Waals surface area contributed by atoms with Gasteiger partial charge in [0, 0.05) is 6.42 Å². The number of sulfonamides is 1. The van der Waals surface area contributed by atoms with Gasteiger partial charge in [-0.05, 0) is 25.0 Å². The van der Waals surface area contributed by atoms with Gasteiger partial charge in [0.05, 0.1) is 16.5 Å². The Morgan fingerprint density at radius 2 is 2.00 bits per heavy atom. The van der Waals surface area contributed by atoms with E-state index in [-0.39, 0.29) is 15.0 Å². The Hall–Kier alpha value is -0.350. The van der Waals surface area contributed by atoms with Gasteiger partial charge < -0.3 is 5.11 Å². The largest absolute Gasteiger partial charge is 0.392 e. The molecular formula is C12H17ClF3NO3S2. The van der Waals surface area contributed by atoms with Crippen LogP contribution in [-0.4, -0.2) is 31.8 Å². The molecule has 0 saturated carbocycles. The van der Waals surface area contributed by atoms with Gasteiger partial charge in [-0.15, -0.1) is 11.3 Å². The molecule has 0 bridgehead atoms. The van der Waals surface area contributed by atoms with Crippen molar-refractivity contribution in [3.63, 3.8) is 0 Å². The van der Waals surface area contributed by atoms with Crippen LogP contribution in [-0.2, 0) is 10.0 Å². The molecule has 1 unspecified atom stereocenters. The van der Waals surface area contributed by atoms with Gasteiger partial charge in [-0.1, -0.05) is 24.9 Å². The number of aliphatic hydroxyl groups is 1. The minimum atomic E-state index is -4.44. The highest BCUT2D eigenvalue weighted by Crippen LogP contribution is 2.31. The number of hydrogen-bond donors (Lipinski definition) is 2. The summed E-state index contributed by atoms with van der Waals surface area (Å²) in [4.78, 5) is 0. The maximum absolute atomic E-state index is 12.6. The predicted octanol–water partition coefficient (Wildman–Crippen LogP) is 3.41. The molecule has 22 heavy (non-hydrogen) atoms. The van der Waals surface area contributed by atoms with Crippen molar-refractivity contribution in [3.05, 3.63) is 16.5 Å². The van der Waals surface area contributed by atoms with E-state index in [9.17, 15) is 26.7 Å². The Morgan fingerprint density at radius 1 is 1.41 bits per heavy atom. The Kier molecular flexibility index (Phi) is 6.70. The van der Waals surface area contributed by atoms with Crippen LogP contribution in [0.2, 0.25) is 4.34 Å². The smallest absolute Gasteiger partial charge is 0.389 e. The third-order valence-electron chi connectivity index (χ3n) is 3.15. The molecule has 1 aromatic rings. The Labute approximate surface area is 136 Å². The van der Waals surface area contributed by atoms with Gasteiger partial charge in [0.15, 0.2) is 0 Å². The highest BCUT2D eigenvalue weighted by molar-refractivity contribution is 7.91. The van der Waals surface area contributed by atoms with E-state index in [2.05, 4.69) is 4.72 Å². The standard InChI is InChI=1S/C12H17ClF3NO3S2/c1-3-8(6-12(14,15)16)11(7(2)18)17-22(19,20)10-5-4-9(13)21-10/h4-5,7-8,11,17-18H,3,6H2,1-2H3/t7?,8-,11-/m1/s1. The first-order valence-corrected chi connectivity index (χ1v) is 9.16. The van der Waals surface area contributed by atoms with Gasteiger partial charge in [-0.25, -0.2) is 13.1 Å². The number of alkyl halides is 3. The monoisotopic (exact) mass is 379 g/mol. The van der Waals surface area contributed by atoms with Crippen molar-refractivity contribution >= 4 is 33.0 Å². The van der Waals surface area contributed by atoms with Crippen molar-refractivity contribution in [1.82, 2.24) is 4.72 Å². The van der Waals surface area contributed by atoms with Gasteiger partial charge in [0.25, 0.3) is 0 Å². The molecular weight excluding hydrogens is 363 g/mol. The minimum absolute atomic E-state index is 0.0722. The van der Waals surface area contributed by atoms with Crippen LogP contribution in [0.1, 0.15) is 26.7 Å². The van der Waals surface area contributed by atoms with Crippen molar-refractivity contribution < 1.29 is 26.7 Å². The summed E-state index contributed by atoms with van der Waals surface area (Å²) in [6.45, 7) is 2.77. The van der Waals surface area contributed by atoms with Crippen LogP contribution in [0, 0.1) is 5.92 Å². The summed E-state index contributed by atoms with van der Waals surface area (Å²) < 4.78 is 64.5. The zero-order valence-electron chi connectivity index (χ0n) is 11.9. The van der Waals surface area contributed by atoms with Crippen LogP contribution in [0.3, 0.4) is 0 Å². The van der Waals surface area contributed by atoms with Crippen molar-refractivity contribution in [2.75, 3.05) is 0 Å². The lowest BCUT2D eigenvalue weighted by atomic mass is 9.90. The molecule has 1 rings (SSSR count). The number of rotatable bonds is 7. The topological polar surface area (TPSA) is 66.4 Å². The summed E-state index contributed by atoms with van der Waals surface area (Å²) in [5.41, 5.74) is 0. The van der Waals surface area contributed by atoms with E-state index >= 15 is 0 Å². The zero-order valence-corrected chi connectivity index (χ0v) is 14.3. The summed E-state index contributed by atoms with van der Waals surface area (Å²) in [6.07, 6.45) is -6.81.